The Hall–Kier alpha value is -2.20. The van der Waals surface area contributed by atoms with E-state index in [1.165, 1.54) is 0 Å². The van der Waals surface area contributed by atoms with E-state index in [2.05, 4.69) is 0 Å². The summed E-state index contributed by atoms with van der Waals surface area (Å²) in [4.78, 5) is 48.6. The van der Waals surface area contributed by atoms with Crippen molar-refractivity contribution in [3.8, 4) is 0 Å². The van der Waals surface area contributed by atoms with Crippen molar-refractivity contribution in [3.63, 3.8) is 0 Å². The van der Waals surface area contributed by atoms with Gasteiger partial charge < -0.3 is 28.4 Å². The quantitative estimate of drug-likeness (QED) is 0.414. The maximum absolute atomic E-state index is 12.1. The molecule has 10 heteroatoms. The van der Waals surface area contributed by atoms with Crippen molar-refractivity contribution in [1.82, 2.24) is 0 Å². The number of carbonyl (C=O) groups is 4. The van der Waals surface area contributed by atoms with E-state index >= 15 is 0 Å². The van der Waals surface area contributed by atoms with Crippen molar-refractivity contribution < 1.29 is 47.6 Å². The number of hydrogen-bond acceptors (Lipinski definition) is 10. The van der Waals surface area contributed by atoms with Crippen LogP contribution in [0.1, 0.15) is 27.7 Å². The van der Waals surface area contributed by atoms with Crippen LogP contribution in [0.3, 0.4) is 0 Å². The van der Waals surface area contributed by atoms with Crippen LogP contribution in [0.5, 0.6) is 0 Å². The van der Waals surface area contributed by atoms with Crippen molar-refractivity contribution in [1.29, 1.82) is 0 Å². The zero-order chi connectivity index (χ0) is 19.7. The second-order valence-corrected chi connectivity index (χ2v) is 4.96. The summed E-state index contributed by atoms with van der Waals surface area (Å²) in [5, 5.41) is 0. The number of carbonyl (C=O) groups excluding carboxylic acids is 4. The fraction of sp³-hybridized carbons (Fsp3) is 0.750. The smallest absolute Gasteiger partial charge is 0.338 e. The van der Waals surface area contributed by atoms with Gasteiger partial charge >= 0.3 is 23.9 Å². The van der Waals surface area contributed by atoms with E-state index in [1.54, 1.807) is 27.7 Å². The first-order valence-electron chi connectivity index (χ1n) is 8.38. The molecule has 0 aromatic heterocycles. The first-order valence-corrected chi connectivity index (χ1v) is 8.38. The summed E-state index contributed by atoms with van der Waals surface area (Å²) >= 11 is 0. The molecule has 1 aliphatic rings. The Morgan fingerprint density at radius 2 is 0.731 bits per heavy atom. The molecule has 0 N–H and O–H groups in total. The van der Waals surface area contributed by atoms with Gasteiger partial charge in [-0.3, -0.25) is 0 Å². The molecule has 4 atom stereocenters. The van der Waals surface area contributed by atoms with Crippen molar-refractivity contribution in [2.45, 2.75) is 52.1 Å². The Bertz CT molecular complexity index is 427. The van der Waals surface area contributed by atoms with Crippen molar-refractivity contribution in [2.75, 3.05) is 26.4 Å². The van der Waals surface area contributed by atoms with Gasteiger partial charge in [0.05, 0.1) is 26.4 Å². The van der Waals surface area contributed by atoms with E-state index < -0.39 is 48.3 Å². The average Bonchev–Trinajstić information content (AvgIpc) is 2.61. The highest BCUT2D eigenvalue weighted by atomic mass is 16.7. The third-order valence-electron chi connectivity index (χ3n) is 3.21. The molecule has 0 bridgehead atoms. The summed E-state index contributed by atoms with van der Waals surface area (Å²) in [6.07, 6.45) is -6.36. The Morgan fingerprint density at radius 3 is 0.885 bits per heavy atom. The fourth-order valence-corrected chi connectivity index (χ4v) is 2.22. The third kappa shape index (κ3) is 5.40. The lowest BCUT2D eigenvalue weighted by Crippen LogP contribution is -2.60. The van der Waals surface area contributed by atoms with Crippen LogP contribution in [0.4, 0.5) is 0 Å². The molecule has 1 saturated heterocycles. The van der Waals surface area contributed by atoms with Crippen LogP contribution in [0.25, 0.3) is 0 Å². The Labute approximate surface area is 151 Å². The van der Waals surface area contributed by atoms with Crippen LogP contribution in [0.2, 0.25) is 0 Å². The van der Waals surface area contributed by atoms with E-state index in [9.17, 15) is 19.2 Å². The molecule has 10 nitrogen and oxygen atoms in total. The number of ether oxygens (including phenoxy) is 6. The largest absolute Gasteiger partial charge is 0.464 e. The van der Waals surface area contributed by atoms with E-state index in [4.69, 9.17) is 28.4 Å². The summed E-state index contributed by atoms with van der Waals surface area (Å²) < 4.78 is 30.2. The Kier molecular flexibility index (Phi) is 9.00. The maximum Gasteiger partial charge on any atom is 0.338 e. The van der Waals surface area contributed by atoms with Crippen LogP contribution < -0.4 is 0 Å². The van der Waals surface area contributed by atoms with E-state index in [0.29, 0.717) is 0 Å². The number of hydrogen-bond donors (Lipinski definition) is 0. The van der Waals surface area contributed by atoms with Gasteiger partial charge in [-0.25, -0.2) is 19.2 Å². The van der Waals surface area contributed by atoms with Crippen LogP contribution in [0.15, 0.2) is 0 Å². The molecule has 1 heterocycles. The van der Waals surface area contributed by atoms with Crippen LogP contribution in [-0.2, 0) is 47.6 Å². The summed E-state index contributed by atoms with van der Waals surface area (Å²) in [6, 6.07) is 0. The lowest BCUT2D eigenvalue weighted by atomic mass is 10.1. The molecule has 0 aliphatic carbocycles. The van der Waals surface area contributed by atoms with Crippen molar-refractivity contribution in [2.24, 2.45) is 0 Å². The van der Waals surface area contributed by atoms with Gasteiger partial charge in [0, 0.05) is 0 Å². The van der Waals surface area contributed by atoms with Crippen molar-refractivity contribution in [3.05, 3.63) is 0 Å². The summed E-state index contributed by atoms with van der Waals surface area (Å²) in [6.45, 7) is 6.30. The van der Waals surface area contributed by atoms with Crippen LogP contribution in [-0.4, -0.2) is 74.7 Å². The van der Waals surface area contributed by atoms with E-state index in [0.717, 1.165) is 0 Å². The standard InChI is InChI=1S/C16H24O10/c1-5-21-13(17)9-10(14(18)22-6-2)26-12(16(20)24-8-4)11(25-9)15(19)23-7-3/h9-12H,5-8H2,1-4H3. The molecular weight excluding hydrogens is 352 g/mol. The molecule has 0 aromatic rings. The topological polar surface area (TPSA) is 124 Å². The lowest BCUT2D eigenvalue weighted by molar-refractivity contribution is -0.242. The molecule has 0 spiro atoms. The molecule has 26 heavy (non-hydrogen) atoms. The fourth-order valence-electron chi connectivity index (χ4n) is 2.22. The minimum atomic E-state index is -1.59. The zero-order valence-corrected chi connectivity index (χ0v) is 15.2. The second-order valence-electron chi connectivity index (χ2n) is 4.96. The average molecular weight is 376 g/mol. The Morgan fingerprint density at radius 1 is 0.538 bits per heavy atom. The highest BCUT2D eigenvalue weighted by molar-refractivity contribution is 5.90. The molecule has 1 fully saturated rings. The minimum absolute atomic E-state index is 0.0135. The van der Waals surface area contributed by atoms with Gasteiger partial charge in [-0.1, -0.05) is 0 Å². The zero-order valence-electron chi connectivity index (χ0n) is 15.2. The Balaban J connectivity index is 3.17. The minimum Gasteiger partial charge on any atom is -0.464 e. The predicted octanol–water partition coefficient (Wildman–Crippen LogP) is -0.240. The number of rotatable bonds is 8. The monoisotopic (exact) mass is 376 g/mol. The van der Waals surface area contributed by atoms with Crippen LogP contribution >= 0.6 is 0 Å². The molecule has 1 rings (SSSR count). The van der Waals surface area contributed by atoms with Gasteiger partial charge in [0.15, 0.2) is 24.4 Å². The molecule has 4 unspecified atom stereocenters. The van der Waals surface area contributed by atoms with Crippen molar-refractivity contribution >= 4 is 23.9 Å². The second kappa shape index (κ2) is 10.7. The van der Waals surface area contributed by atoms with Gasteiger partial charge in [-0.05, 0) is 27.7 Å². The summed E-state index contributed by atoms with van der Waals surface area (Å²) in [5.74, 6) is -3.71. The van der Waals surface area contributed by atoms with E-state index in [-0.39, 0.29) is 26.4 Å². The molecule has 0 aromatic carbocycles. The molecule has 0 radical (unpaired) electrons. The van der Waals surface area contributed by atoms with Gasteiger partial charge in [-0.15, -0.1) is 0 Å². The number of esters is 4. The maximum atomic E-state index is 12.1. The first kappa shape index (κ1) is 21.8. The first-order chi connectivity index (χ1) is 12.4. The predicted molar refractivity (Wildman–Crippen MR) is 83.9 cm³/mol. The lowest BCUT2D eigenvalue weighted by Gasteiger charge is -2.36. The highest BCUT2D eigenvalue weighted by Crippen LogP contribution is 2.25. The van der Waals surface area contributed by atoms with Gasteiger partial charge in [0.1, 0.15) is 0 Å². The summed E-state index contributed by atoms with van der Waals surface area (Å²) in [5.41, 5.74) is 0. The molecule has 1 aliphatic heterocycles. The SMILES string of the molecule is CCOC(=O)C1OC(C(=O)OCC)C(C(=O)OCC)OC1C(=O)OCC. The van der Waals surface area contributed by atoms with Crippen LogP contribution in [0, 0.1) is 0 Å². The normalized spacial score (nSPS) is 25.1. The molecular formula is C16H24O10. The van der Waals surface area contributed by atoms with Gasteiger partial charge in [0.25, 0.3) is 0 Å². The molecule has 148 valence electrons. The van der Waals surface area contributed by atoms with Gasteiger partial charge in [0.2, 0.25) is 0 Å². The third-order valence-corrected chi connectivity index (χ3v) is 3.21. The van der Waals surface area contributed by atoms with E-state index in [1.807, 2.05) is 0 Å². The highest BCUT2D eigenvalue weighted by Gasteiger charge is 2.53. The summed E-state index contributed by atoms with van der Waals surface area (Å²) in [7, 11) is 0. The molecule has 0 amide bonds. The molecule has 0 saturated carbocycles. The van der Waals surface area contributed by atoms with Gasteiger partial charge in [-0.2, -0.15) is 0 Å².